The highest BCUT2D eigenvalue weighted by Crippen LogP contribution is 2.33. The summed E-state index contributed by atoms with van der Waals surface area (Å²) >= 11 is 0. The third-order valence-electron chi connectivity index (χ3n) is 3.00. The molecule has 0 atom stereocenters. The number of benzene rings is 1. The van der Waals surface area contributed by atoms with E-state index in [1.807, 2.05) is 6.92 Å². The number of aromatic hydroxyl groups is 1. The van der Waals surface area contributed by atoms with Gasteiger partial charge in [0.1, 0.15) is 11.6 Å². The summed E-state index contributed by atoms with van der Waals surface area (Å²) in [5.74, 6) is -0.179. The van der Waals surface area contributed by atoms with Crippen molar-refractivity contribution in [3.8, 4) is 5.75 Å². The van der Waals surface area contributed by atoms with Gasteiger partial charge in [-0.2, -0.15) is 13.2 Å². The predicted octanol–water partition coefficient (Wildman–Crippen LogP) is 2.86. The van der Waals surface area contributed by atoms with Crippen molar-refractivity contribution in [3.05, 3.63) is 41.2 Å². The minimum Gasteiger partial charge on any atom is -0.507 e. The van der Waals surface area contributed by atoms with Gasteiger partial charge in [0.15, 0.2) is 0 Å². The fraction of sp³-hybridized carbons (Fsp3) is 0.286. The lowest BCUT2D eigenvalue weighted by molar-refractivity contribution is -0.137. The van der Waals surface area contributed by atoms with Crippen LogP contribution >= 0.6 is 0 Å². The van der Waals surface area contributed by atoms with Crippen LogP contribution in [0.3, 0.4) is 0 Å². The molecule has 0 amide bonds. The maximum absolute atomic E-state index is 12.6. The summed E-state index contributed by atoms with van der Waals surface area (Å²) in [6.45, 7) is 2.09. The summed E-state index contributed by atoms with van der Waals surface area (Å²) in [5.41, 5.74) is 5.84. The Morgan fingerprint density at radius 2 is 2.05 bits per heavy atom. The molecule has 0 unspecified atom stereocenters. The van der Waals surface area contributed by atoms with Gasteiger partial charge in [-0.25, -0.2) is 4.99 Å². The van der Waals surface area contributed by atoms with Crippen molar-refractivity contribution in [1.82, 2.24) is 0 Å². The number of phenols is 1. The van der Waals surface area contributed by atoms with Crippen LogP contribution in [0.15, 0.2) is 40.1 Å². The highest BCUT2D eigenvalue weighted by atomic mass is 19.4. The molecule has 1 aliphatic rings. The van der Waals surface area contributed by atoms with Crippen LogP contribution < -0.4 is 5.73 Å². The normalized spacial score (nSPS) is 15.9. The molecule has 0 radical (unpaired) electrons. The molecule has 112 valence electrons. The minimum atomic E-state index is -4.51. The average Bonchev–Trinajstić information content (AvgIpc) is 2.59. The summed E-state index contributed by atoms with van der Waals surface area (Å²) in [6.07, 6.45) is -2.41. The molecule has 2 rings (SSSR count). The Kier molecular flexibility index (Phi) is 4.02. The maximum atomic E-state index is 12.6. The van der Waals surface area contributed by atoms with Crippen molar-refractivity contribution in [2.45, 2.75) is 19.5 Å². The van der Waals surface area contributed by atoms with E-state index in [1.165, 1.54) is 6.07 Å². The molecule has 1 aromatic carbocycles. The first-order valence-electron chi connectivity index (χ1n) is 6.31. The van der Waals surface area contributed by atoms with Gasteiger partial charge in [-0.3, -0.25) is 4.99 Å². The Balaban J connectivity index is 2.47. The third-order valence-corrected chi connectivity index (χ3v) is 3.00. The SMILES string of the molecule is CCC1=NC(N)=CCN=C1c1ccc(C(F)(F)F)cc1O. The first kappa shape index (κ1) is 15.1. The van der Waals surface area contributed by atoms with Gasteiger partial charge in [0.05, 0.1) is 23.5 Å². The van der Waals surface area contributed by atoms with Crippen LogP contribution in [0.2, 0.25) is 0 Å². The van der Waals surface area contributed by atoms with E-state index in [1.54, 1.807) is 6.08 Å². The molecule has 0 saturated carbocycles. The van der Waals surface area contributed by atoms with Gasteiger partial charge in [0.2, 0.25) is 0 Å². The van der Waals surface area contributed by atoms with E-state index in [4.69, 9.17) is 5.73 Å². The van der Waals surface area contributed by atoms with Crippen molar-refractivity contribution >= 4 is 11.4 Å². The zero-order valence-electron chi connectivity index (χ0n) is 11.3. The lowest BCUT2D eigenvalue weighted by Crippen LogP contribution is -2.16. The van der Waals surface area contributed by atoms with Gasteiger partial charge in [0.25, 0.3) is 0 Å². The summed E-state index contributed by atoms with van der Waals surface area (Å²) in [6, 6.07) is 2.79. The molecule has 21 heavy (non-hydrogen) atoms. The molecule has 0 fully saturated rings. The molecular weight excluding hydrogens is 283 g/mol. The molecule has 0 spiro atoms. The van der Waals surface area contributed by atoms with Crippen LogP contribution in [-0.4, -0.2) is 23.1 Å². The number of nitrogens with zero attached hydrogens (tertiary/aromatic N) is 2. The highest BCUT2D eigenvalue weighted by molar-refractivity contribution is 6.49. The van der Waals surface area contributed by atoms with E-state index in [0.29, 0.717) is 29.7 Å². The summed E-state index contributed by atoms with van der Waals surface area (Å²) < 4.78 is 37.8. The smallest absolute Gasteiger partial charge is 0.416 e. The van der Waals surface area contributed by atoms with E-state index in [9.17, 15) is 18.3 Å². The molecule has 1 aromatic rings. The highest BCUT2D eigenvalue weighted by Gasteiger charge is 2.31. The number of alkyl halides is 3. The lowest BCUT2D eigenvalue weighted by Gasteiger charge is -2.12. The minimum absolute atomic E-state index is 0.215. The maximum Gasteiger partial charge on any atom is 0.416 e. The van der Waals surface area contributed by atoms with Crippen molar-refractivity contribution < 1.29 is 18.3 Å². The molecule has 1 aliphatic heterocycles. The largest absolute Gasteiger partial charge is 0.507 e. The lowest BCUT2D eigenvalue weighted by atomic mass is 10.0. The number of halogens is 3. The van der Waals surface area contributed by atoms with Crippen LogP contribution in [0, 0.1) is 0 Å². The second-order valence-electron chi connectivity index (χ2n) is 4.46. The molecule has 0 bridgehead atoms. The summed E-state index contributed by atoms with van der Waals surface area (Å²) in [5, 5.41) is 9.89. The molecule has 0 aromatic heterocycles. The Morgan fingerprint density at radius 1 is 1.33 bits per heavy atom. The van der Waals surface area contributed by atoms with Crippen molar-refractivity contribution in [1.29, 1.82) is 0 Å². The third kappa shape index (κ3) is 3.24. The van der Waals surface area contributed by atoms with Gasteiger partial charge >= 0.3 is 6.18 Å². The second kappa shape index (κ2) is 5.59. The molecule has 4 nitrogen and oxygen atoms in total. The van der Waals surface area contributed by atoms with Gasteiger partial charge in [-0.1, -0.05) is 6.92 Å². The van der Waals surface area contributed by atoms with Crippen LogP contribution in [0.4, 0.5) is 13.2 Å². The topological polar surface area (TPSA) is 71.0 Å². The van der Waals surface area contributed by atoms with Crippen molar-refractivity contribution in [2.75, 3.05) is 6.54 Å². The van der Waals surface area contributed by atoms with Crippen LogP contribution in [-0.2, 0) is 6.18 Å². The fourth-order valence-corrected chi connectivity index (χ4v) is 1.97. The van der Waals surface area contributed by atoms with E-state index >= 15 is 0 Å². The second-order valence-corrected chi connectivity index (χ2v) is 4.46. The van der Waals surface area contributed by atoms with Gasteiger partial charge in [0, 0.05) is 5.56 Å². The first-order chi connectivity index (χ1) is 9.82. The molecule has 3 N–H and O–H groups in total. The van der Waals surface area contributed by atoms with E-state index in [0.717, 1.165) is 6.07 Å². The molecular formula is C14H14F3N3O. The van der Waals surface area contributed by atoms with Gasteiger partial charge < -0.3 is 10.8 Å². The number of hydrogen-bond donors (Lipinski definition) is 2. The predicted molar refractivity (Wildman–Crippen MR) is 74.5 cm³/mol. The van der Waals surface area contributed by atoms with Gasteiger partial charge in [-0.15, -0.1) is 0 Å². The Labute approximate surface area is 119 Å². The van der Waals surface area contributed by atoms with Gasteiger partial charge in [-0.05, 0) is 30.7 Å². The zero-order valence-corrected chi connectivity index (χ0v) is 11.3. The van der Waals surface area contributed by atoms with E-state index < -0.39 is 17.5 Å². The standard InChI is InChI=1S/C14H14F3N3O/c1-2-10-13(19-6-5-12(18)20-10)9-4-3-8(7-11(9)21)14(15,16)17/h3-5,7,21H,2,6,18H2,1H3. The molecule has 7 heteroatoms. The number of rotatable bonds is 2. The quantitative estimate of drug-likeness (QED) is 0.881. The number of aliphatic imine (C=N–C) groups is 2. The Hall–Kier alpha value is -2.31. The molecule has 1 heterocycles. The molecule has 0 aliphatic carbocycles. The van der Waals surface area contributed by atoms with Crippen LogP contribution in [0.25, 0.3) is 0 Å². The fourth-order valence-electron chi connectivity index (χ4n) is 1.97. The Bertz CT molecular complexity index is 645. The molecule has 0 saturated heterocycles. The van der Waals surface area contributed by atoms with Crippen molar-refractivity contribution in [3.63, 3.8) is 0 Å². The average molecular weight is 297 g/mol. The summed E-state index contributed by atoms with van der Waals surface area (Å²) in [7, 11) is 0. The summed E-state index contributed by atoms with van der Waals surface area (Å²) in [4.78, 5) is 8.39. The number of phenolic OH excluding ortho intramolecular Hbond substituents is 1. The monoisotopic (exact) mass is 297 g/mol. The van der Waals surface area contributed by atoms with Crippen LogP contribution in [0.1, 0.15) is 24.5 Å². The number of hydrogen-bond acceptors (Lipinski definition) is 4. The van der Waals surface area contributed by atoms with Crippen molar-refractivity contribution in [2.24, 2.45) is 15.7 Å². The zero-order chi connectivity index (χ0) is 15.6. The first-order valence-corrected chi connectivity index (χ1v) is 6.31. The van der Waals surface area contributed by atoms with Crippen LogP contribution in [0.5, 0.6) is 5.75 Å². The number of nitrogens with two attached hydrogens (primary N) is 1. The van der Waals surface area contributed by atoms with E-state index in [2.05, 4.69) is 9.98 Å². The Morgan fingerprint density at radius 3 is 2.62 bits per heavy atom. The van der Waals surface area contributed by atoms with E-state index in [-0.39, 0.29) is 12.1 Å².